The van der Waals surface area contributed by atoms with Gasteiger partial charge in [-0.05, 0) is 31.1 Å². The summed E-state index contributed by atoms with van der Waals surface area (Å²) in [6.07, 6.45) is -1.83. The molecule has 3 nitrogen and oxygen atoms in total. The number of hydrogen-bond donors (Lipinski definition) is 1. The summed E-state index contributed by atoms with van der Waals surface area (Å²) in [5.41, 5.74) is 0.204. The first kappa shape index (κ1) is 15.3. The Hall–Kier alpha value is -0.780. The molecule has 1 unspecified atom stereocenters. The summed E-state index contributed by atoms with van der Waals surface area (Å²) < 4.78 is 42.3. The normalized spacial score (nSPS) is 22.7. The van der Waals surface area contributed by atoms with E-state index in [1.165, 1.54) is 0 Å². The number of rotatable bonds is 4. The molecule has 1 saturated carbocycles. The highest BCUT2D eigenvalue weighted by Gasteiger charge is 2.45. The van der Waals surface area contributed by atoms with Crippen molar-refractivity contribution in [1.82, 2.24) is 0 Å². The quantitative estimate of drug-likeness (QED) is 0.851. The number of carboxylic acids is 1. The average Bonchev–Trinajstić information content (AvgIpc) is 2.18. The molecule has 0 amide bonds. The Morgan fingerprint density at radius 2 is 1.89 bits per heavy atom. The van der Waals surface area contributed by atoms with Crippen LogP contribution in [-0.4, -0.2) is 30.0 Å². The van der Waals surface area contributed by atoms with Crippen LogP contribution in [0.4, 0.5) is 13.2 Å². The molecule has 0 bridgehead atoms. The lowest BCUT2D eigenvalue weighted by atomic mass is 9.76. The lowest BCUT2D eigenvalue weighted by molar-refractivity contribution is -0.206. The van der Waals surface area contributed by atoms with Crippen LogP contribution in [0.2, 0.25) is 0 Å². The van der Waals surface area contributed by atoms with Crippen molar-refractivity contribution in [3.8, 4) is 0 Å². The SMILES string of the molecule is CC1(C)CCC(OCC(C(=O)O)C(F)(F)F)CC1. The summed E-state index contributed by atoms with van der Waals surface area (Å²) in [4.78, 5) is 10.5. The highest BCUT2D eigenvalue weighted by atomic mass is 19.4. The van der Waals surface area contributed by atoms with Gasteiger partial charge in [-0.25, -0.2) is 0 Å². The maximum Gasteiger partial charge on any atom is 0.404 e. The van der Waals surface area contributed by atoms with Gasteiger partial charge in [0, 0.05) is 0 Å². The second kappa shape index (κ2) is 5.47. The van der Waals surface area contributed by atoms with E-state index in [1.54, 1.807) is 0 Å². The minimum atomic E-state index is -4.75. The molecule has 1 aliphatic carbocycles. The van der Waals surface area contributed by atoms with Gasteiger partial charge in [0.2, 0.25) is 0 Å². The fourth-order valence-corrected chi connectivity index (χ4v) is 2.08. The fourth-order valence-electron chi connectivity index (χ4n) is 2.08. The van der Waals surface area contributed by atoms with Gasteiger partial charge >= 0.3 is 12.1 Å². The number of carboxylic acid groups (broad SMARTS) is 1. The number of carbonyl (C=O) groups is 1. The van der Waals surface area contributed by atoms with E-state index in [1.807, 2.05) is 0 Å². The van der Waals surface area contributed by atoms with E-state index in [0.717, 1.165) is 12.8 Å². The van der Waals surface area contributed by atoms with Crippen LogP contribution in [0.25, 0.3) is 0 Å². The van der Waals surface area contributed by atoms with Gasteiger partial charge in [-0.1, -0.05) is 13.8 Å². The molecular formula is C12H19F3O3. The highest BCUT2D eigenvalue weighted by Crippen LogP contribution is 2.36. The van der Waals surface area contributed by atoms with E-state index < -0.39 is 24.7 Å². The van der Waals surface area contributed by atoms with Crippen LogP contribution >= 0.6 is 0 Å². The molecule has 0 aromatic carbocycles. The molecule has 0 radical (unpaired) electrons. The molecule has 1 N–H and O–H groups in total. The molecule has 6 heteroatoms. The van der Waals surface area contributed by atoms with Crippen molar-refractivity contribution in [1.29, 1.82) is 0 Å². The molecule has 0 aliphatic heterocycles. The number of halogens is 3. The second-order valence-corrected chi connectivity index (χ2v) is 5.63. The lowest BCUT2D eigenvalue weighted by Gasteiger charge is -2.34. The smallest absolute Gasteiger partial charge is 0.404 e. The summed E-state index contributed by atoms with van der Waals surface area (Å²) in [5, 5.41) is 8.52. The zero-order valence-corrected chi connectivity index (χ0v) is 10.6. The number of hydrogen-bond acceptors (Lipinski definition) is 2. The van der Waals surface area contributed by atoms with Crippen LogP contribution in [0, 0.1) is 11.3 Å². The Balaban J connectivity index is 2.43. The summed E-state index contributed by atoms with van der Waals surface area (Å²) in [6, 6.07) is 0. The van der Waals surface area contributed by atoms with E-state index in [0.29, 0.717) is 12.8 Å². The van der Waals surface area contributed by atoms with E-state index >= 15 is 0 Å². The Labute approximate surface area is 104 Å². The average molecular weight is 268 g/mol. The molecule has 1 atom stereocenters. The van der Waals surface area contributed by atoms with E-state index in [2.05, 4.69) is 13.8 Å². The molecule has 0 saturated heterocycles. The highest BCUT2D eigenvalue weighted by molar-refractivity contribution is 5.71. The van der Waals surface area contributed by atoms with E-state index in [4.69, 9.17) is 9.84 Å². The summed E-state index contributed by atoms with van der Waals surface area (Å²) in [7, 11) is 0. The van der Waals surface area contributed by atoms with Crippen LogP contribution < -0.4 is 0 Å². The minimum Gasteiger partial charge on any atom is -0.481 e. The Kier molecular flexibility index (Phi) is 4.64. The van der Waals surface area contributed by atoms with Crippen molar-refractivity contribution in [2.24, 2.45) is 11.3 Å². The van der Waals surface area contributed by atoms with Crippen LogP contribution in [0.3, 0.4) is 0 Å². The Morgan fingerprint density at radius 1 is 1.39 bits per heavy atom. The topological polar surface area (TPSA) is 46.5 Å². The molecule has 106 valence electrons. The van der Waals surface area contributed by atoms with Gasteiger partial charge in [-0.3, -0.25) is 4.79 Å². The van der Waals surface area contributed by atoms with Gasteiger partial charge in [-0.2, -0.15) is 13.2 Å². The number of ether oxygens (including phenoxy) is 1. The van der Waals surface area contributed by atoms with Crippen LogP contribution in [0.15, 0.2) is 0 Å². The molecule has 0 spiro atoms. The predicted molar refractivity (Wildman–Crippen MR) is 59.2 cm³/mol. The van der Waals surface area contributed by atoms with Gasteiger partial charge in [0.15, 0.2) is 5.92 Å². The standard InChI is InChI=1S/C12H19F3O3/c1-11(2)5-3-8(4-6-11)18-7-9(10(16)17)12(13,14)15/h8-9H,3-7H2,1-2H3,(H,16,17). The van der Waals surface area contributed by atoms with Crippen molar-refractivity contribution in [2.75, 3.05) is 6.61 Å². The molecule has 1 fully saturated rings. The lowest BCUT2D eigenvalue weighted by Crippen LogP contribution is -2.37. The zero-order chi connectivity index (χ0) is 14.0. The Morgan fingerprint density at radius 3 is 2.28 bits per heavy atom. The van der Waals surface area contributed by atoms with Gasteiger partial charge in [0.25, 0.3) is 0 Å². The number of alkyl halides is 3. The van der Waals surface area contributed by atoms with E-state index in [9.17, 15) is 18.0 Å². The molecule has 18 heavy (non-hydrogen) atoms. The van der Waals surface area contributed by atoms with Gasteiger partial charge < -0.3 is 9.84 Å². The van der Waals surface area contributed by atoms with Gasteiger partial charge in [0.1, 0.15) is 0 Å². The van der Waals surface area contributed by atoms with Crippen LogP contribution in [0.1, 0.15) is 39.5 Å². The third-order valence-corrected chi connectivity index (χ3v) is 3.48. The maximum atomic E-state index is 12.4. The van der Waals surface area contributed by atoms with Crippen molar-refractivity contribution in [2.45, 2.75) is 51.8 Å². The van der Waals surface area contributed by atoms with Crippen LogP contribution in [0.5, 0.6) is 0 Å². The molecular weight excluding hydrogens is 249 g/mol. The van der Waals surface area contributed by atoms with E-state index in [-0.39, 0.29) is 11.5 Å². The van der Waals surface area contributed by atoms with Gasteiger partial charge in [0.05, 0.1) is 12.7 Å². The molecule has 0 aromatic heterocycles. The monoisotopic (exact) mass is 268 g/mol. The molecule has 0 aromatic rings. The number of aliphatic carboxylic acids is 1. The van der Waals surface area contributed by atoms with Gasteiger partial charge in [-0.15, -0.1) is 0 Å². The minimum absolute atomic E-state index is 0.204. The first-order chi connectivity index (χ1) is 8.12. The Bertz CT molecular complexity index is 289. The van der Waals surface area contributed by atoms with Crippen LogP contribution in [-0.2, 0) is 9.53 Å². The first-order valence-corrected chi connectivity index (χ1v) is 6.03. The summed E-state index contributed by atoms with van der Waals surface area (Å²) in [6.45, 7) is 3.43. The molecule has 1 rings (SSSR count). The predicted octanol–water partition coefficient (Wildman–Crippen LogP) is 3.23. The molecule has 1 aliphatic rings. The largest absolute Gasteiger partial charge is 0.481 e. The third kappa shape index (κ3) is 4.48. The first-order valence-electron chi connectivity index (χ1n) is 6.03. The molecule has 0 heterocycles. The summed E-state index contributed by atoms with van der Waals surface area (Å²) in [5.74, 6) is -4.30. The maximum absolute atomic E-state index is 12.4. The summed E-state index contributed by atoms with van der Waals surface area (Å²) >= 11 is 0. The second-order valence-electron chi connectivity index (χ2n) is 5.63. The van der Waals surface area contributed by atoms with Crippen molar-refractivity contribution >= 4 is 5.97 Å². The van der Waals surface area contributed by atoms with Crippen molar-refractivity contribution in [3.63, 3.8) is 0 Å². The third-order valence-electron chi connectivity index (χ3n) is 3.48. The fraction of sp³-hybridized carbons (Fsp3) is 0.917. The van der Waals surface area contributed by atoms with Crippen molar-refractivity contribution in [3.05, 3.63) is 0 Å². The zero-order valence-electron chi connectivity index (χ0n) is 10.6. The van der Waals surface area contributed by atoms with Crippen molar-refractivity contribution < 1.29 is 27.8 Å².